The number of nitrogen functional groups attached to an aromatic ring is 1. The van der Waals surface area contributed by atoms with Crippen LogP contribution in [0.2, 0.25) is 5.02 Å². The van der Waals surface area contributed by atoms with Crippen molar-refractivity contribution in [2.24, 2.45) is 0 Å². The molecule has 0 amide bonds. The lowest BCUT2D eigenvalue weighted by Crippen LogP contribution is -1.95. The lowest BCUT2D eigenvalue weighted by atomic mass is 10.3. The second-order valence-electron chi connectivity index (χ2n) is 3.38. The first kappa shape index (κ1) is 12.1. The second-order valence-corrected chi connectivity index (χ2v) is 3.78. The van der Waals surface area contributed by atoms with E-state index in [1.165, 1.54) is 30.5 Å². The van der Waals surface area contributed by atoms with Gasteiger partial charge in [0.05, 0.1) is 21.8 Å². The molecule has 0 spiro atoms. The van der Waals surface area contributed by atoms with Gasteiger partial charge in [-0.3, -0.25) is 10.1 Å². The Kier molecular flexibility index (Phi) is 3.29. The molecule has 2 N–H and O–H groups in total. The highest BCUT2D eigenvalue weighted by atomic mass is 35.5. The molecule has 6 nitrogen and oxygen atoms in total. The lowest BCUT2D eigenvalue weighted by molar-refractivity contribution is -0.385. The number of benzene rings is 1. The molecule has 7 heteroatoms. The van der Waals surface area contributed by atoms with Crippen molar-refractivity contribution >= 4 is 23.0 Å². The molecule has 1 aromatic carbocycles. The first-order valence-electron chi connectivity index (χ1n) is 4.90. The smallest absolute Gasteiger partial charge is 0.313 e. The molecule has 0 saturated carbocycles. The molecule has 0 aliphatic carbocycles. The molecule has 1 aromatic heterocycles. The van der Waals surface area contributed by atoms with Crippen LogP contribution in [0.25, 0.3) is 0 Å². The number of nitrogens with zero attached hydrogens (tertiary/aromatic N) is 2. The number of rotatable bonds is 3. The Morgan fingerprint density at radius 1 is 1.33 bits per heavy atom. The fourth-order valence-electron chi connectivity index (χ4n) is 1.30. The zero-order valence-corrected chi connectivity index (χ0v) is 9.79. The molecular weight excluding hydrogens is 258 g/mol. The number of nitro groups is 1. The zero-order chi connectivity index (χ0) is 13.1. The highest BCUT2D eigenvalue weighted by Crippen LogP contribution is 2.37. The number of hydrogen-bond acceptors (Lipinski definition) is 5. The van der Waals surface area contributed by atoms with Crippen molar-refractivity contribution in [3.8, 4) is 11.6 Å². The van der Waals surface area contributed by atoms with Crippen molar-refractivity contribution in [3.63, 3.8) is 0 Å². The summed E-state index contributed by atoms with van der Waals surface area (Å²) < 4.78 is 5.32. The van der Waals surface area contributed by atoms with Gasteiger partial charge in [-0.25, -0.2) is 4.98 Å². The summed E-state index contributed by atoms with van der Waals surface area (Å²) in [5.41, 5.74) is 5.72. The van der Waals surface area contributed by atoms with Gasteiger partial charge < -0.3 is 10.5 Å². The molecule has 0 atom stereocenters. The number of anilines is 1. The molecule has 0 unspecified atom stereocenters. The summed E-state index contributed by atoms with van der Waals surface area (Å²) in [4.78, 5) is 14.2. The predicted molar refractivity (Wildman–Crippen MR) is 66.8 cm³/mol. The normalized spacial score (nSPS) is 10.1. The zero-order valence-electron chi connectivity index (χ0n) is 9.04. The van der Waals surface area contributed by atoms with Crippen LogP contribution in [0.5, 0.6) is 11.6 Å². The van der Waals surface area contributed by atoms with E-state index < -0.39 is 4.92 Å². The fraction of sp³-hybridized carbons (Fsp3) is 0. The minimum absolute atomic E-state index is 0.0403. The number of ether oxygens (including phenoxy) is 1. The summed E-state index contributed by atoms with van der Waals surface area (Å²) in [6, 6.07) is 7.36. The third-order valence-corrected chi connectivity index (χ3v) is 2.41. The van der Waals surface area contributed by atoms with Crippen molar-refractivity contribution in [3.05, 3.63) is 51.7 Å². The molecule has 2 rings (SSSR count). The quantitative estimate of drug-likeness (QED) is 0.680. The van der Waals surface area contributed by atoms with Crippen molar-refractivity contribution in [1.29, 1.82) is 0 Å². The molecule has 0 fully saturated rings. The number of pyridine rings is 1. The van der Waals surface area contributed by atoms with Gasteiger partial charge >= 0.3 is 5.69 Å². The van der Waals surface area contributed by atoms with Gasteiger partial charge in [0.25, 0.3) is 0 Å². The van der Waals surface area contributed by atoms with Gasteiger partial charge in [0, 0.05) is 12.1 Å². The van der Waals surface area contributed by atoms with Crippen LogP contribution in [0.3, 0.4) is 0 Å². The highest BCUT2D eigenvalue weighted by molar-refractivity contribution is 6.32. The second kappa shape index (κ2) is 4.89. The Labute approximate surface area is 107 Å². The summed E-state index contributed by atoms with van der Waals surface area (Å²) >= 11 is 5.87. The summed E-state index contributed by atoms with van der Waals surface area (Å²) in [5.74, 6) is 0.141. The predicted octanol–water partition coefficient (Wildman–Crippen LogP) is 3.02. The van der Waals surface area contributed by atoms with Crippen LogP contribution in [0.15, 0.2) is 36.5 Å². The van der Waals surface area contributed by atoms with E-state index in [9.17, 15) is 10.1 Å². The molecule has 2 aromatic rings. The maximum absolute atomic E-state index is 10.8. The Morgan fingerprint density at radius 2 is 2.11 bits per heavy atom. The largest absolute Gasteiger partial charge is 0.430 e. The Balaban J connectivity index is 2.39. The topological polar surface area (TPSA) is 91.3 Å². The first-order chi connectivity index (χ1) is 8.58. The average molecular weight is 266 g/mol. The molecule has 0 aliphatic heterocycles. The van der Waals surface area contributed by atoms with Crippen LogP contribution in [0.1, 0.15) is 0 Å². The van der Waals surface area contributed by atoms with E-state index in [2.05, 4.69) is 4.98 Å². The monoisotopic (exact) mass is 265 g/mol. The van der Waals surface area contributed by atoms with Crippen LogP contribution in [0, 0.1) is 10.1 Å². The molecule has 0 radical (unpaired) electrons. The third-order valence-electron chi connectivity index (χ3n) is 2.11. The minimum atomic E-state index is -0.571. The summed E-state index contributed by atoms with van der Waals surface area (Å²) in [6.07, 6.45) is 1.39. The Morgan fingerprint density at radius 3 is 2.72 bits per heavy atom. The van der Waals surface area contributed by atoms with Crippen LogP contribution in [-0.2, 0) is 0 Å². The van der Waals surface area contributed by atoms with Gasteiger partial charge in [0.2, 0.25) is 11.6 Å². The highest BCUT2D eigenvalue weighted by Gasteiger charge is 2.19. The van der Waals surface area contributed by atoms with Gasteiger partial charge in [-0.15, -0.1) is 0 Å². The van der Waals surface area contributed by atoms with Crippen LogP contribution in [-0.4, -0.2) is 9.91 Å². The summed E-state index contributed by atoms with van der Waals surface area (Å²) in [5, 5.41) is 11.0. The fourth-order valence-corrected chi connectivity index (χ4v) is 1.51. The molecule has 0 aliphatic rings. The van der Waals surface area contributed by atoms with Crippen LogP contribution < -0.4 is 10.5 Å². The molecule has 1 heterocycles. The number of aromatic nitrogens is 1. The van der Waals surface area contributed by atoms with E-state index >= 15 is 0 Å². The molecule has 0 bridgehead atoms. The summed E-state index contributed by atoms with van der Waals surface area (Å²) in [7, 11) is 0. The van der Waals surface area contributed by atoms with E-state index in [4.69, 9.17) is 22.1 Å². The van der Waals surface area contributed by atoms with E-state index in [1.807, 2.05) is 0 Å². The minimum Gasteiger partial charge on any atom is -0.430 e. The number of nitro benzene ring substituents is 1. The number of nitrogens with two attached hydrogens (primary N) is 1. The number of halogens is 1. The number of para-hydroxylation sites is 1. The SMILES string of the molecule is Nc1ccc(Oc2c(Cl)cccc2[N+](=O)[O-])nc1. The van der Waals surface area contributed by atoms with E-state index in [0.717, 1.165) is 0 Å². The molecular formula is C11H8ClN3O3. The van der Waals surface area contributed by atoms with Crippen molar-refractivity contribution in [2.75, 3.05) is 5.73 Å². The van der Waals surface area contributed by atoms with Crippen LogP contribution >= 0.6 is 11.6 Å². The maximum Gasteiger partial charge on any atom is 0.313 e. The Bertz CT molecular complexity index is 587. The lowest BCUT2D eigenvalue weighted by Gasteiger charge is -2.06. The first-order valence-corrected chi connectivity index (χ1v) is 5.28. The van der Waals surface area contributed by atoms with E-state index in [-0.39, 0.29) is 22.3 Å². The van der Waals surface area contributed by atoms with Gasteiger partial charge in [0.15, 0.2) is 0 Å². The maximum atomic E-state index is 10.8. The van der Waals surface area contributed by atoms with Crippen molar-refractivity contribution in [1.82, 2.24) is 4.98 Å². The van der Waals surface area contributed by atoms with E-state index in [0.29, 0.717) is 5.69 Å². The van der Waals surface area contributed by atoms with Crippen LogP contribution in [0.4, 0.5) is 11.4 Å². The van der Waals surface area contributed by atoms with Gasteiger partial charge in [-0.1, -0.05) is 17.7 Å². The van der Waals surface area contributed by atoms with E-state index in [1.54, 1.807) is 6.07 Å². The van der Waals surface area contributed by atoms with Gasteiger partial charge in [0.1, 0.15) is 0 Å². The Hall–Kier alpha value is -2.34. The molecule has 92 valence electrons. The molecule has 0 saturated heterocycles. The molecule has 18 heavy (non-hydrogen) atoms. The van der Waals surface area contributed by atoms with Crippen molar-refractivity contribution < 1.29 is 9.66 Å². The van der Waals surface area contributed by atoms with Gasteiger partial charge in [-0.05, 0) is 12.1 Å². The third kappa shape index (κ3) is 2.49. The van der Waals surface area contributed by atoms with Crippen molar-refractivity contribution in [2.45, 2.75) is 0 Å². The standard InChI is InChI=1S/C11H8ClN3O3/c12-8-2-1-3-9(15(16)17)11(8)18-10-5-4-7(13)6-14-10/h1-6H,13H2. The number of hydrogen-bond donors (Lipinski definition) is 1. The average Bonchev–Trinajstić information content (AvgIpc) is 2.34. The van der Waals surface area contributed by atoms with Gasteiger partial charge in [-0.2, -0.15) is 0 Å². The summed E-state index contributed by atoms with van der Waals surface area (Å²) in [6.45, 7) is 0.